The predicted octanol–water partition coefficient (Wildman–Crippen LogP) is 0.128. The van der Waals surface area contributed by atoms with Crippen molar-refractivity contribution >= 4 is 12.0 Å². The van der Waals surface area contributed by atoms with Crippen molar-refractivity contribution in [1.29, 1.82) is 16.2 Å². The number of nitriles is 1. The van der Waals surface area contributed by atoms with Crippen LogP contribution in [0.15, 0.2) is 5.11 Å². The van der Waals surface area contributed by atoms with Crippen molar-refractivity contribution in [2.75, 3.05) is 0 Å². The van der Waals surface area contributed by atoms with Gasteiger partial charge >= 0.3 is 0 Å². The zero-order valence-corrected chi connectivity index (χ0v) is 4.46. The first-order chi connectivity index (χ1) is 4.26. The fourth-order valence-electron chi connectivity index (χ4n) is 0.238. The number of nitrogens with one attached hydrogen (secondary N) is 2. The van der Waals surface area contributed by atoms with E-state index in [0.717, 1.165) is 0 Å². The summed E-state index contributed by atoms with van der Waals surface area (Å²) in [7, 11) is 0. The molecule has 0 aromatic rings. The van der Waals surface area contributed by atoms with E-state index in [2.05, 4.69) is 5.11 Å². The molecule has 2 N–H and O–H groups in total. The van der Waals surface area contributed by atoms with Gasteiger partial charge in [0.1, 0.15) is 6.07 Å². The number of hydrogen-bond donors (Lipinski definition) is 2. The monoisotopic (exact) mass is 124 g/mol. The molecule has 0 bridgehead atoms. The van der Waals surface area contributed by atoms with E-state index in [0.29, 0.717) is 6.21 Å². The number of carbonyl (C=O) groups is 1. The van der Waals surface area contributed by atoms with Gasteiger partial charge in [0.25, 0.3) is 5.78 Å². The maximum absolute atomic E-state index is 10.2. The van der Waals surface area contributed by atoms with Crippen LogP contribution in [0.5, 0.6) is 0 Å². The van der Waals surface area contributed by atoms with Crippen LogP contribution in [0, 0.1) is 22.3 Å². The van der Waals surface area contributed by atoms with Crippen LogP contribution < -0.4 is 0 Å². The third-order valence-electron chi connectivity index (χ3n) is 0.676. The molecule has 0 fully saturated rings. The van der Waals surface area contributed by atoms with Gasteiger partial charge in [0.2, 0.25) is 0 Å². The van der Waals surface area contributed by atoms with E-state index < -0.39 is 11.8 Å². The van der Waals surface area contributed by atoms with Crippen LogP contribution in [0.25, 0.3) is 0 Å². The van der Waals surface area contributed by atoms with Crippen LogP contribution >= 0.6 is 0 Å². The van der Waals surface area contributed by atoms with E-state index in [9.17, 15) is 4.79 Å². The molecule has 0 aromatic heterocycles. The van der Waals surface area contributed by atoms with Crippen LogP contribution in [-0.4, -0.2) is 18.0 Å². The average Bonchev–Trinajstić information content (AvgIpc) is 1.90. The second-order valence-electron chi connectivity index (χ2n) is 1.22. The Morgan fingerprint density at radius 1 is 1.89 bits per heavy atom. The molecule has 0 saturated heterocycles. The molecule has 5 heteroatoms. The highest BCUT2D eigenvalue weighted by atomic mass is 16.1. The standard InChI is InChI=1S/C4H4N4O/c5-1-3(8-7)4(9)2-6/h1,3,5,7H. The van der Waals surface area contributed by atoms with Crippen molar-refractivity contribution in [1.82, 2.24) is 0 Å². The predicted molar refractivity (Wildman–Crippen MR) is 28.3 cm³/mol. The van der Waals surface area contributed by atoms with Crippen molar-refractivity contribution < 1.29 is 4.79 Å². The molecular weight excluding hydrogens is 120 g/mol. The molecule has 9 heavy (non-hydrogen) atoms. The van der Waals surface area contributed by atoms with E-state index in [-0.39, 0.29) is 0 Å². The molecule has 0 aliphatic heterocycles. The molecule has 0 aliphatic rings. The Kier molecular flexibility index (Phi) is 2.84. The van der Waals surface area contributed by atoms with Crippen molar-refractivity contribution in [2.24, 2.45) is 5.11 Å². The first kappa shape index (κ1) is 7.43. The minimum absolute atomic E-state index is 0.651. The van der Waals surface area contributed by atoms with Crippen LogP contribution in [0.3, 0.4) is 0 Å². The zero-order chi connectivity index (χ0) is 7.28. The third-order valence-corrected chi connectivity index (χ3v) is 0.676. The van der Waals surface area contributed by atoms with Crippen molar-refractivity contribution in [3.8, 4) is 6.07 Å². The highest BCUT2D eigenvalue weighted by Gasteiger charge is 2.11. The second kappa shape index (κ2) is 3.43. The molecule has 5 nitrogen and oxygen atoms in total. The van der Waals surface area contributed by atoms with E-state index >= 15 is 0 Å². The van der Waals surface area contributed by atoms with Gasteiger partial charge in [-0.2, -0.15) is 10.4 Å². The molecule has 0 rings (SSSR count). The van der Waals surface area contributed by atoms with Gasteiger partial charge in [0, 0.05) is 6.21 Å². The number of ketones is 1. The summed E-state index contributed by atoms with van der Waals surface area (Å²) in [6, 6.07) is 0.0639. The van der Waals surface area contributed by atoms with E-state index in [1.165, 1.54) is 6.07 Å². The molecule has 0 heterocycles. The van der Waals surface area contributed by atoms with Crippen LogP contribution in [-0.2, 0) is 4.79 Å². The highest BCUT2D eigenvalue weighted by molar-refractivity contribution is 6.07. The highest BCUT2D eigenvalue weighted by Crippen LogP contribution is 1.85. The number of nitrogens with zero attached hydrogens (tertiary/aromatic N) is 2. The van der Waals surface area contributed by atoms with Gasteiger partial charge in [-0.25, -0.2) is 5.53 Å². The Labute approximate surface area is 51.3 Å². The molecule has 0 spiro atoms. The molecule has 46 valence electrons. The Bertz CT molecular complexity index is 171. The summed E-state index contributed by atoms with van der Waals surface area (Å²) in [6.07, 6.45) is 0.651. The molecule has 1 atom stereocenters. The Morgan fingerprint density at radius 2 is 2.44 bits per heavy atom. The van der Waals surface area contributed by atoms with Crippen molar-refractivity contribution in [3.05, 3.63) is 0 Å². The minimum Gasteiger partial charge on any atom is -0.310 e. The summed E-state index contributed by atoms with van der Waals surface area (Å²) in [5.74, 6) is -0.875. The minimum atomic E-state index is -1.20. The summed E-state index contributed by atoms with van der Waals surface area (Å²) in [4.78, 5) is 10.2. The van der Waals surface area contributed by atoms with Crippen LogP contribution in [0.2, 0.25) is 0 Å². The van der Waals surface area contributed by atoms with Gasteiger partial charge in [0.15, 0.2) is 6.04 Å². The van der Waals surface area contributed by atoms with Gasteiger partial charge in [0.05, 0.1) is 0 Å². The Morgan fingerprint density at radius 3 is 2.56 bits per heavy atom. The van der Waals surface area contributed by atoms with Gasteiger partial charge in [-0.15, -0.1) is 0 Å². The lowest BCUT2D eigenvalue weighted by Gasteiger charge is -1.90. The lowest BCUT2D eigenvalue weighted by molar-refractivity contribution is -0.113. The first-order valence-corrected chi connectivity index (χ1v) is 2.07. The molecule has 1 unspecified atom stereocenters. The average molecular weight is 124 g/mol. The largest absolute Gasteiger partial charge is 0.310 e. The first-order valence-electron chi connectivity index (χ1n) is 2.07. The Hall–Kier alpha value is -1.57. The summed E-state index contributed by atoms with van der Waals surface area (Å²) in [5.41, 5.74) is 6.30. The van der Waals surface area contributed by atoms with E-state index in [1.807, 2.05) is 0 Å². The summed E-state index contributed by atoms with van der Waals surface area (Å²) in [5, 5.41) is 17.1. The third kappa shape index (κ3) is 1.78. The summed E-state index contributed by atoms with van der Waals surface area (Å²) < 4.78 is 0. The molecule has 0 radical (unpaired) electrons. The van der Waals surface area contributed by atoms with E-state index in [4.69, 9.17) is 16.2 Å². The molecule has 0 aromatic carbocycles. The topological polar surface area (TPSA) is 101 Å². The molecule has 0 saturated carbocycles. The number of carbonyl (C=O) groups excluding carboxylic acids is 1. The van der Waals surface area contributed by atoms with Gasteiger partial charge < -0.3 is 5.41 Å². The van der Waals surface area contributed by atoms with Crippen LogP contribution in [0.4, 0.5) is 0 Å². The zero-order valence-electron chi connectivity index (χ0n) is 4.46. The molecule has 0 amide bonds. The number of hydrogen-bond acceptors (Lipinski definition) is 5. The maximum Gasteiger partial charge on any atom is 0.263 e. The second-order valence-corrected chi connectivity index (χ2v) is 1.22. The van der Waals surface area contributed by atoms with Crippen molar-refractivity contribution in [3.63, 3.8) is 0 Å². The fraction of sp³-hybridized carbons (Fsp3) is 0.250. The van der Waals surface area contributed by atoms with Crippen LogP contribution in [0.1, 0.15) is 0 Å². The SMILES string of the molecule is N#CC(=O)C(C=N)N=N. The smallest absolute Gasteiger partial charge is 0.263 e. The lowest BCUT2D eigenvalue weighted by Crippen LogP contribution is -2.16. The lowest BCUT2D eigenvalue weighted by atomic mass is 10.2. The fourth-order valence-corrected chi connectivity index (χ4v) is 0.238. The molecular formula is C4H4N4O. The normalized spacial score (nSPS) is 11.0. The number of rotatable bonds is 3. The van der Waals surface area contributed by atoms with Gasteiger partial charge in [-0.05, 0) is 0 Å². The molecule has 0 aliphatic carbocycles. The summed E-state index contributed by atoms with van der Waals surface area (Å²) >= 11 is 0. The quantitative estimate of drug-likeness (QED) is 0.317. The van der Waals surface area contributed by atoms with Crippen molar-refractivity contribution in [2.45, 2.75) is 6.04 Å². The Balaban J connectivity index is 4.15. The maximum atomic E-state index is 10.2. The van der Waals surface area contributed by atoms with E-state index in [1.54, 1.807) is 0 Å². The number of Topliss-reactive ketones (excluding diaryl/α,β-unsaturated/α-hetero) is 1. The summed E-state index contributed by atoms with van der Waals surface area (Å²) in [6.45, 7) is 0. The van der Waals surface area contributed by atoms with Gasteiger partial charge in [-0.1, -0.05) is 0 Å². The van der Waals surface area contributed by atoms with Gasteiger partial charge in [-0.3, -0.25) is 4.79 Å².